The molecular weight excluding hydrogens is 407 g/mol. The third-order valence-electron chi connectivity index (χ3n) is 5.36. The molecule has 6 nitrogen and oxygen atoms in total. The molecule has 7 heteroatoms. The van der Waals surface area contributed by atoms with Gasteiger partial charge in [0.2, 0.25) is 5.91 Å². The molecule has 0 aliphatic rings. The van der Waals surface area contributed by atoms with Crippen molar-refractivity contribution in [3.63, 3.8) is 0 Å². The zero-order valence-electron chi connectivity index (χ0n) is 17.0. The fraction of sp³-hybridized carbons (Fsp3) is 0.0800. The van der Waals surface area contributed by atoms with Gasteiger partial charge in [0.05, 0.1) is 6.20 Å². The van der Waals surface area contributed by atoms with Crippen LogP contribution in [0.15, 0.2) is 89.9 Å². The van der Waals surface area contributed by atoms with E-state index in [9.17, 15) is 14.0 Å². The summed E-state index contributed by atoms with van der Waals surface area (Å²) >= 11 is 0. The lowest BCUT2D eigenvalue weighted by molar-refractivity contribution is -0.117. The largest absolute Gasteiger partial charge is 0.331 e. The monoisotopic (exact) mass is 426 g/mol. The van der Waals surface area contributed by atoms with E-state index in [2.05, 4.69) is 10.4 Å². The predicted molar refractivity (Wildman–Crippen MR) is 122 cm³/mol. The van der Waals surface area contributed by atoms with Crippen molar-refractivity contribution in [3.8, 4) is 0 Å². The first-order valence-corrected chi connectivity index (χ1v) is 10.2. The molecule has 0 saturated heterocycles. The second-order valence-corrected chi connectivity index (χ2v) is 7.52. The molecule has 2 heterocycles. The maximum atomic E-state index is 13.4. The zero-order chi connectivity index (χ0) is 22.1. The van der Waals surface area contributed by atoms with Gasteiger partial charge in [0, 0.05) is 28.5 Å². The van der Waals surface area contributed by atoms with Crippen LogP contribution >= 0.6 is 0 Å². The summed E-state index contributed by atoms with van der Waals surface area (Å²) < 4.78 is 16.5. The Morgan fingerprint density at radius 2 is 1.72 bits per heavy atom. The normalized spacial score (nSPS) is 11.2. The molecule has 5 aromatic rings. The fourth-order valence-corrected chi connectivity index (χ4v) is 3.94. The molecule has 3 aromatic carbocycles. The summed E-state index contributed by atoms with van der Waals surface area (Å²) in [5, 5.41) is 8.50. The van der Waals surface area contributed by atoms with Gasteiger partial charge in [0.25, 0.3) is 5.56 Å². The number of anilines is 1. The molecule has 0 radical (unpaired) electrons. The van der Waals surface area contributed by atoms with Gasteiger partial charge in [0.15, 0.2) is 0 Å². The molecule has 32 heavy (non-hydrogen) atoms. The zero-order valence-corrected chi connectivity index (χ0v) is 17.0. The molecule has 0 saturated carbocycles. The number of carbonyl (C=O) groups is 1. The third-order valence-corrected chi connectivity index (χ3v) is 5.36. The van der Waals surface area contributed by atoms with E-state index in [4.69, 9.17) is 0 Å². The van der Waals surface area contributed by atoms with Crippen LogP contribution in [0, 0.1) is 5.82 Å². The van der Waals surface area contributed by atoms with Gasteiger partial charge >= 0.3 is 0 Å². The number of halogens is 1. The highest BCUT2D eigenvalue weighted by molar-refractivity contribution is 6.07. The van der Waals surface area contributed by atoms with Gasteiger partial charge in [-0.1, -0.05) is 54.6 Å². The number of hydrogen-bond acceptors (Lipinski definition) is 3. The molecule has 0 bridgehead atoms. The Bertz CT molecular complexity index is 1510. The average molecular weight is 426 g/mol. The summed E-state index contributed by atoms with van der Waals surface area (Å²) in [6, 6.07) is 23.3. The van der Waals surface area contributed by atoms with Crippen molar-refractivity contribution in [1.82, 2.24) is 14.3 Å². The van der Waals surface area contributed by atoms with Crippen molar-refractivity contribution in [3.05, 3.63) is 107 Å². The molecule has 0 unspecified atom stereocenters. The maximum Gasteiger partial charge on any atom is 0.291 e. The standard InChI is InChI=1S/C25H19FN4O2/c26-18-9-6-10-19(13-18)28-23(31)16-30-25(32)24-21(14-27-30)20-11-4-5-12-22(20)29(24)15-17-7-2-1-3-8-17/h1-14H,15-16H2,(H,28,31). The minimum atomic E-state index is -0.463. The molecule has 0 aliphatic heterocycles. The Hall–Kier alpha value is -4.26. The number of benzene rings is 3. The first-order valence-electron chi connectivity index (χ1n) is 10.2. The molecule has 2 aromatic heterocycles. The summed E-state index contributed by atoms with van der Waals surface area (Å²) in [6.07, 6.45) is 1.62. The van der Waals surface area contributed by atoms with Crippen LogP contribution in [0.5, 0.6) is 0 Å². The molecule has 1 amide bonds. The third kappa shape index (κ3) is 3.65. The van der Waals surface area contributed by atoms with Gasteiger partial charge in [-0.2, -0.15) is 5.10 Å². The van der Waals surface area contributed by atoms with Gasteiger partial charge in [-0.25, -0.2) is 9.07 Å². The number of amides is 1. The summed E-state index contributed by atoms with van der Waals surface area (Å²) in [5.74, 6) is -0.916. The molecule has 0 atom stereocenters. The molecule has 1 N–H and O–H groups in total. The van der Waals surface area contributed by atoms with E-state index in [1.807, 2.05) is 59.2 Å². The Morgan fingerprint density at radius 1 is 0.938 bits per heavy atom. The van der Waals surface area contributed by atoms with Crippen LogP contribution in [0.25, 0.3) is 21.8 Å². The van der Waals surface area contributed by atoms with Gasteiger partial charge in [-0.15, -0.1) is 0 Å². The summed E-state index contributed by atoms with van der Waals surface area (Å²) in [7, 11) is 0. The Labute approximate surface area is 182 Å². The highest BCUT2D eigenvalue weighted by Gasteiger charge is 2.17. The van der Waals surface area contributed by atoms with E-state index in [0.717, 1.165) is 26.5 Å². The summed E-state index contributed by atoms with van der Waals surface area (Å²) in [4.78, 5) is 25.9. The Balaban J connectivity index is 1.56. The SMILES string of the molecule is O=C(Cn1ncc2c3ccccc3n(Cc3ccccc3)c2c1=O)Nc1cccc(F)c1. The molecule has 0 spiro atoms. The molecule has 0 aliphatic carbocycles. The number of nitrogens with one attached hydrogen (secondary N) is 1. The van der Waals surface area contributed by atoms with Crippen molar-refractivity contribution in [2.24, 2.45) is 0 Å². The van der Waals surface area contributed by atoms with Gasteiger partial charge in [-0.05, 0) is 29.8 Å². The Morgan fingerprint density at radius 3 is 2.53 bits per heavy atom. The van der Waals surface area contributed by atoms with E-state index >= 15 is 0 Å². The second-order valence-electron chi connectivity index (χ2n) is 7.52. The van der Waals surface area contributed by atoms with Crippen LogP contribution in [0.3, 0.4) is 0 Å². The van der Waals surface area contributed by atoms with E-state index in [-0.39, 0.29) is 12.1 Å². The van der Waals surface area contributed by atoms with E-state index in [1.165, 1.54) is 18.2 Å². The Kier molecular flexibility index (Phi) is 4.99. The summed E-state index contributed by atoms with van der Waals surface area (Å²) in [5.41, 5.74) is 2.43. The fourth-order valence-electron chi connectivity index (χ4n) is 3.94. The van der Waals surface area contributed by atoms with E-state index in [1.54, 1.807) is 12.3 Å². The van der Waals surface area contributed by atoms with E-state index < -0.39 is 11.7 Å². The minimum Gasteiger partial charge on any atom is -0.331 e. The lowest BCUT2D eigenvalue weighted by Crippen LogP contribution is -2.30. The van der Waals surface area contributed by atoms with Crippen LogP contribution < -0.4 is 10.9 Å². The van der Waals surface area contributed by atoms with Crippen LogP contribution in [-0.2, 0) is 17.9 Å². The first-order chi connectivity index (χ1) is 15.6. The number of para-hydroxylation sites is 1. The van der Waals surface area contributed by atoms with Crippen molar-refractivity contribution in [1.29, 1.82) is 0 Å². The van der Waals surface area contributed by atoms with Crippen LogP contribution in [0.1, 0.15) is 5.56 Å². The lowest BCUT2D eigenvalue weighted by atomic mass is 10.2. The topological polar surface area (TPSA) is 68.9 Å². The molecular formula is C25H19FN4O2. The number of aromatic nitrogens is 3. The predicted octanol–water partition coefficient (Wildman–Crippen LogP) is 4.18. The number of nitrogens with zero attached hydrogens (tertiary/aromatic N) is 3. The number of carbonyl (C=O) groups excluding carboxylic acids is 1. The van der Waals surface area contributed by atoms with Crippen LogP contribution in [-0.4, -0.2) is 20.3 Å². The van der Waals surface area contributed by atoms with Crippen molar-refractivity contribution in [2.45, 2.75) is 13.1 Å². The van der Waals surface area contributed by atoms with Crippen molar-refractivity contribution >= 4 is 33.4 Å². The minimum absolute atomic E-state index is 0.280. The van der Waals surface area contributed by atoms with Crippen LogP contribution in [0.4, 0.5) is 10.1 Å². The number of rotatable bonds is 5. The van der Waals surface area contributed by atoms with Crippen molar-refractivity contribution < 1.29 is 9.18 Å². The van der Waals surface area contributed by atoms with Gasteiger partial charge in [-0.3, -0.25) is 9.59 Å². The van der Waals surface area contributed by atoms with Crippen molar-refractivity contribution in [2.75, 3.05) is 5.32 Å². The molecule has 5 rings (SSSR count). The summed E-state index contributed by atoms with van der Waals surface area (Å²) in [6.45, 7) is 0.234. The first kappa shape index (κ1) is 19.7. The smallest absolute Gasteiger partial charge is 0.291 e. The van der Waals surface area contributed by atoms with Crippen LogP contribution in [0.2, 0.25) is 0 Å². The number of hydrogen-bond donors (Lipinski definition) is 1. The average Bonchev–Trinajstić information content (AvgIpc) is 3.11. The molecule has 0 fully saturated rings. The second kappa shape index (κ2) is 8.11. The lowest BCUT2D eigenvalue weighted by Gasteiger charge is -2.09. The maximum absolute atomic E-state index is 13.4. The van der Waals surface area contributed by atoms with Gasteiger partial charge < -0.3 is 9.88 Å². The highest BCUT2D eigenvalue weighted by Crippen LogP contribution is 2.27. The highest BCUT2D eigenvalue weighted by atomic mass is 19.1. The quantitative estimate of drug-likeness (QED) is 0.459. The van der Waals surface area contributed by atoms with Gasteiger partial charge in [0.1, 0.15) is 17.9 Å². The molecule has 158 valence electrons. The van der Waals surface area contributed by atoms with E-state index in [0.29, 0.717) is 17.7 Å². The number of fused-ring (bicyclic) bond motifs is 3.